The molecule has 114 valence electrons. The van der Waals surface area contributed by atoms with Gasteiger partial charge in [-0.1, -0.05) is 12.1 Å². The largest absolute Gasteiger partial charge is 0.409 e. The molecule has 0 radical (unpaired) electrons. The first kappa shape index (κ1) is 16.4. The highest BCUT2D eigenvalue weighted by molar-refractivity contribution is 7.89. The zero-order chi connectivity index (χ0) is 15.5. The summed E-state index contributed by atoms with van der Waals surface area (Å²) in [6.45, 7) is 5.57. The lowest BCUT2D eigenvalue weighted by Crippen LogP contribution is -2.34. The number of sulfonamides is 1. The fourth-order valence-corrected chi connectivity index (χ4v) is 3.84. The van der Waals surface area contributed by atoms with Gasteiger partial charge >= 0.3 is 0 Å². The summed E-state index contributed by atoms with van der Waals surface area (Å²) in [5.41, 5.74) is 6.44. The minimum absolute atomic E-state index is 0.00159. The van der Waals surface area contributed by atoms with Gasteiger partial charge in [-0.25, -0.2) is 8.42 Å². The quantitative estimate of drug-likeness (QED) is 0.337. The number of hydrogen-bond donors (Lipinski definition) is 2. The van der Waals surface area contributed by atoms with Crippen LogP contribution in [0.1, 0.15) is 24.7 Å². The Bertz CT molecular complexity index is 606. The van der Waals surface area contributed by atoms with Crippen molar-refractivity contribution in [3.8, 4) is 0 Å². The van der Waals surface area contributed by atoms with E-state index in [1.165, 1.54) is 4.31 Å². The summed E-state index contributed by atoms with van der Waals surface area (Å²) in [5.74, 6) is -0.00159. The van der Waals surface area contributed by atoms with Gasteiger partial charge in [0.1, 0.15) is 10.7 Å². The van der Waals surface area contributed by atoms with E-state index in [0.29, 0.717) is 17.9 Å². The highest BCUT2D eigenvalue weighted by Gasteiger charge is 2.29. The van der Waals surface area contributed by atoms with Crippen LogP contribution < -0.4 is 5.73 Å². The average Bonchev–Trinajstić information content (AvgIpc) is 2.63. The Hall–Kier alpha value is -1.61. The Kier molecular flexibility index (Phi) is 5.12. The Morgan fingerprint density at radius 1 is 1.50 bits per heavy atom. The zero-order valence-electron chi connectivity index (χ0n) is 12.2. The SMILES string of the molecule is CCN(CCC(N)=NO)S(=O)(=O)c1c(C)nn(C)c1C. The molecule has 0 unspecified atom stereocenters. The van der Waals surface area contributed by atoms with Gasteiger partial charge in [-0.2, -0.15) is 9.40 Å². The Morgan fingerprint density at radius 2 is 2.10 bits per heavy atom. The second-order valence-electron chi connectivity index (χ2n) is 4.46. The van der Waals surface area contributed by atoms with E-state index in [1.54, 1.807) is 32.5 Å². The molecule has 0 saturated heterocycles. The number of nitrogens with two attached hydrogens (primary N) is 1. The lowest BCUT2D eigenvalue weighted by atomic mass is 10.4. The van der Waals surface area contributed by atoms with Gasteiger partial charge in [0.25, 0.3) is 0 Å². The average molecular weight is 303 g/mol. The number of aromatic nitrogens is 2. The lowest BCUT2D eigenvalue weighted by Gasteiger charge is -2.20. The van der Waals surface area contributed by atoms with Crippen molar-refractivity contribution in [3.05, 3.63) is 11.4 Å². The molecule has 1 aromatic heterocycles. The Labute approximate surface area is 118 Å². The predicted octanol–water partition coefficient (Wildman–Crippen LogP) is 0.184. The predicted molar refractivity (Wildman–Crippen MR) is 75.1 cm³/mol. The number of rotatable bonds is 6. The Morgan fingerprint density at radius 3 is 2.50 bits per heavy atom. The van der Waals surface area contributed by atoms with Crippen molar-refractivity contribution < 1.29 is 13.6 Å². The van der Waals surface area contributed by atoms with Crippen LogP contribution in [-0.4, -0.2) is 46.6 Å². The van der Waals surface area contributed by atoms with E-state index in [9.17, 15) is 8.42 Å². The van der Waals surface area contributed by atoms with Crippen LogP contribution in [0.2, 0.25) is 0 Å². The molecule has 0 amide bonds. The number of amidine groups is 1. The van der Waals surface area contributed by atoms with Crippen molar-refractivity contribution in [2.75, 3.05) is 13.1 Å². The maximum atomic E-state index is 12.6. The summed E-state index contributed by atoms with van der Waals surface area (Å²) >= 11 is 0. The molecule has 3 N–H and O–H groups in total. The van der Waals surface area contributed by atoms with Crippen molar-refractivity contribution >= 4 is 15.9 Å². The van der Waals surface area contributed by atoms with Crippen LogP contribution in [0.5, 0.6) is 0 Å². The van der Waals surface area contributed by atoms with Crippen molar-refractivity contribution in [1.29, 1.82) is 0 Å². The van der Waals surface area contributed by atoms with Crippen molar-refractivity contribution in [2.45, 2.75) is 32.1 Å². The van der Waals surface area contributed by atoms with E-state index in [4.69, 9.17) is 10.9 Å². The molecule has 0 atom stereocenters. The van der Waals surface area contributed by atoms with Crippen molar-refractivity contribution in [2.24, 2.45) is 17.9 Å². The van der Waals surface area contributed by atoms with E-state index >= 15 is 0 Å². The van der Waals surface area contributed by atoms with E-state index in [-0.39, 0.29) is 23.7 Å². The summed E-state index contributed by atoms with van der Waals surface area (Å²) in [6.07, 6.45) is 0.169. The summed E-state index contributed by atoms with van der Waals surface area (Å²) in [6, 6.07) is 0. The summed E-state index contributed by atoms with van der Waals surface area (Å²) in [4.78, 5) is 0.223. The second kappa shape index (κ2) is 6.23. The standard InChI is InChI=1S/C11H21N5O3S/c1-5-16(7-6-10(12)14-17)20(18,19)11-8(2)13-15(4)9(11)3/h17H,5-7H2,1-4H3,(H2,12,14). The minimum Gasteiger partial charge on any atom is -0.409 e. The molecular weight excluding hydrogens is 282 g/mol. The minimum atomic E-state index is -3.64. The topological polar surface area (TPSA) is 114 Å². The fourth-order valence-electron chi connectivity index (χ4n) is 1.99. The van der Waals surface area contributed by atoms with Crippen LogP contribution in [0, 0.1) is 13.8 Å². The van der Waals surface area contributed by atoms with Crippen molar-refractivity contribution in [1.82, 2.24) is 14.1 Å². The van der Waals surface area contributed by atoms with Gasteiger partial charge in [-0.15, -0.1) is 0 Å². The van der Waals surface area contributed by atoms with Gasteiger partial charge < -0.3 is 10.9 Å². The van der Waals surface area contributed by atoms with Crippen LogP contribution in [0.15, 0.2) is 10.1 Å². The van der Waals surface area contributed by atoms with Crippen LogP contribution >= 0.6 is 0 Å². The summed E-state index contributed by atoms with van der Waals surface area (Å²) in [7, 11) is -1.94. The number of aryl methyl sites for hydroxylation is 2. The first-order valence-corrected chi connectivity index (χ1v) is 7.66. The summed E-state index contributed by atoms with van der Waals surface area (Å²) < 4.78 is 28.1. The molecule has 0 spiro atoms. The van der Waals surface area contributed by atoms with Crippen LogP contribution in [0.4, 0.5) is 0 Å². The second-order valence-corrected chi connectivity index (χ2v) is 6.34. The molecule has 1 aromatic rings. The maximum Gasteiger partial charge on any atom is 0.246 e. The molecule has 20 heavy (non-hydrogen) atoms. The van der Waals surface area contributed by atoms with Crippen LogP contribution in [-0.2, 0) is 17.1 Å². The summed E-state index contributed by atoms with van der Waals surface area (Å²) in [5, 5.41) is 15.5. The first-order valence-electron chi connectivity index (χ1n) is 6.22. The molecule has 0 aliphatic heterocycles. The third kappa shape index (κ3) is 3.10. The third-order valence-electron chi connectivity index (χ3n) is 3.14. The first-order chi connectivity index (χ1) is 9.25. The van der Waals surface area contributed by atoms with E-state index in [1.807, 2.05) is 0 Å². The highest BCUT2D eigenvalue weighted by Crippen LogP contribution is 2.22. The monoisotopic (exact) mass is 303 g/mol. The Balaban J connectivity index is 3.12. The highest BCUT2D eigenvalue weighted by atomic mass is 32.2. The fraction of sp³-hybridized carbons (Fsp3) is 0.636. The van der Waals surface area contributed by atoms with Gasteiger partial charge in [-0.05, 0) is 13.8 Å². The zero-order valence-corrected chi connectivity index (χ0v) is 13.0. The van der Waals surface area contributed by atoms with Gasteiger partial charge in [0.15, 0.2) is 0 Å². The molecular formula is C11H21N5O3S. The van der Waals surface area contributed by atoms with Crippen molar-refractivity contribution in [3.63, 3.8) is 0 Å². The normalized spacial score (nSPS) is 13.2. The van der Waals surface area contributed by atoms with Crippen LogP contribution in [0.3, 0.4) is 0 Å². The third-order valence-corrected chi connectivity index (χ3v) is 5.37. The van der Waals surface area contributed by atoms with Gasteiger partial charge in [0, 0.05) is 26.6 Å². The lowest BCUT2D eigenvalue weighted by molar-refractivity contribution is 0.315. The van der Waals surface area contributed by atoms with Gasteiger partial charge in [0.2, 0.25) is 10.0 Å². The molecule has 1 rings (SSSR count). The van der Waals surface area contributed by atoms with E-state index in [0.717, 1.165) is 0 Å². The molecule has 0 bridgehead atoms. The van der Waals surface area contributed by atoms with Crippen LogP contribution in [0.25, 0.3) is 0 Å². The molecule has 8 nitrogen and oxygen atoms in total. The smallest absolute Gasteiger partial charge is 0.246 e. The number of nitrogens with zero attached hydrogens (tertiary/aromatic N) is 4. The molecule has 1 heterocycles. The number of hydrogen-bond acceptors (Lipinski definition) is 5. The molecule has 0 aliphatic carbocycles. The van der Waals surface area contributed by atoms with E-state index < -0.39 is 10.0 Å². The molecule has 0 fully saturated rings. The molecule has 0 saturated carbocycles. The molecule has 0 aliphatic rings. The molecule has 0 aromatic carbocycles. The van der Waals surface area contributed by atoms with Gasteiger partial charge in [-0.3, -0.25) is 4.68 Å². The van der Waals surface area contributed by atoms with Gasteiger partial charge in [0.05, 0.1) is 11.4 Å². The van der Waals surface area contributed by atoms with E-state index in [2.05, 4.69) is 10.3 Å². The number of oxime groups is 1. The molecule has 9 heteroatoms. The maximum absolute atomic E-state index is 12.6.